The molecule has 172 valence electrons. The molecule has 0 radical (unpaired) electrons. The number of anilines is 1. The zero-order chi connectivity index (χ0) is 22.5. The minimum Gasteiger partial charge on any atom is -0.384 e. The minimum atomic E-state index is -0.524. The monoisotopic (exact) mass is 443 g/mol. The molecule has 3 heterocycles. The number of nitrogens with zero attached hydrogens (tertiary/aromatic N) is 3. The zero-order valence-corrected chi connectivity index (χ0v) is 18.3. The van der Waals surface area contributed by atoms with Crippen LogP contribution < -0.4 is 11.1 Å². The second-order valence-electron chi connectivity index (χ2n) is 8.82. The van der Waals surface area contributed by atoms with Gasteiger partial charge < -0.3 is 16.0 Å². The standard InChI is InChI=1S/C24H31F2N5O/c25-21-2-1-3-22(26)20(21)15-29-19-7-12-31(13-8-19)24(32)18-5-10-30(11-6-18)16-17-4-9-28-23(27)14-17/h1-4,9,14,18-19,29H,5-8,10-13,15-16H2,(H2,27,28). The summed E-state index contributed by atoms with van der Waals surface area (Å²) in [5.74, 6) is -0.195. The van der Waals surface area contributed by atoms with E-state index < -0.39 is 11.6 Å². The van der Waals surface area contributed by atoms with Gasteiger partial charge >= 0.3 is 0 Å². The number of carbonyl (C=O) groups is 1. The fraction of sp³-hybridized carbons (Fsp3) is 0.500. The predicted molar refractivity (Wildman–Crippen MR) is 119 cm³/mol. The Kier molecular flexibility index (Phi) is 7.32. The molecule has 32 heavy (non-hydrogen) atoms. The van der Waals surface area contributed by atoms with E-state index in [0.717, 1.165) is 50.9 Å². The molecular weight excluding hydrogens is 412 g/mol. The summed E-state index contributed by atoms with van der Waals surface area (Å²) in [5.41, 5.74) is 6.98. The second-order valence-corrected chi connectivity index (χ2v) is 8.82. The lowest BCUT2D eigenvalue weighted by Gasteiger charge is -2.37. The largest absolute Gasteiger partial charge is 0.384 e. The molecule has 1 amide bonds. The highest BCUT2D eigenvalue weighted by molar-refractivity contribution is 5.79. The van der Waals surface area contributed by atoms with Crippen molar-refractivity contribution in [3.63, 3.8) is 0 Å². The summed E-state index contributed by atoms with van der Waals surface area (Å²) in [7, 11) is 0. The number of benzene rings is 1. The van der Waals surface area contributed by atoms with E-state index in [-0.39, 0.29) is 30.0 Å². The number of carbonyl (C=O) groups excluding carboxylic acids is 1. The van der Waals surface area contributed by atoms with Crippen LogP contribution in [-0.4, -0.2) is 52.9 Å². The molecule has 2 saturated heterocycles. The third-order valence-electron chi connectivity index (χ3n) is 6.62. The molecule has 0 unspecified atom stereocenters. The molecule has 2 fully saturated rings. The number of amides is 1. The normalized spacial score (nSPS) is 18.8. The van der Waals surface area contributed by atoms with Crippen LogP contribution in [0.5, 0.6) is 0 Å². The molecule has 0 bridgehead atoms. The molecule has 4 rings (SSSR count). The maximum atomic E-state index is 13.8. The van der Waals surface area contributed by atoms with E-state index in [4.69, 9.17) is 5.73 Å². The van der Waals surface area contributed by atoms with Crippen molar-refractivity contribution < 1.29 is 13.6 Å². The lowest BCUT2D eigenvalue weighted by Crippen LogP contribution is -2.48. The van der Waals surface area contributed by atoms with E-state index in [1.807, 2.05) is 17.0 Å². The number of hydrogen-bond acceptors (Lipinski definition) is 5. The number of nitrogen functional groups attached to an aromatic ring is 1. The Bertz CT molecular complexity index is 904. The van der Waals surface area contributed by atoms with Gasteiger partial charge in [0.25, 0.3) is 0 Å². The van der Waals surface area contributed by atoms with Crippen LogP contribution in [0.15, 0.2) is 36.5 Å². The molecule has 0 aliphatic carbocycles. The van der Waals surface area contributed by atoms with Crippen LogP contribution in [0, 0.1) is 17.6 Å². The van der Waals surface area contributed by atoms with Crippen molar-refractivity contribution >= 4 is 11.7 Å². The third-order valence-corrected chi connectivity index (χ3v) is 6.62. The molecule has 1 aromatic heterocycles. The van der Waals surface area contributed by atoms with Crippen molar-refractivity contribution in [1.29, 1.82) is 0 Å². The fourth-order valence-electron chi connectivity index (χ4n) is 4.70. The zero-order valence-electron chi connectivity index (χ0n) is 18.3. The number of rotatable bonds is 6. The van der Waals surface area contributed by atoms with E-state index in [9.17, 15) is 13.6 Å². The summed E-state index contributed by atoms with van der Waals surface area (Å²) < 4.78 is 27.6. The van der Waals surface area contributed by atoms with Crippen molar-refractivity contribution in [1.82, 2.24) is 20.1 Å². The first-order chi connectivity index (χ1) is 15.5. The predicted octanol–water partition coefficient (Wildman–Crippen LogP) is 2.93. The molecule has 0 atom stereocenters. The maximum Gasteiger partial charge on any atom is 0.225 e. The van der Waals surface area contributed by atoms with Crippen molar-refractivity contribution in [2.24, 2.45) is 5.92 Å². The number of likely N-dealkylation sites (tertiary alicyclic amines) is 2. The fourth-order valence-corrected chi connectivity index (χ4v) is 4.70. The first-order valence-corrected chi connectivity index (χ1v) is 11.4. The summed E-state index contributed by atoms with van der Waals surface area (Å²) in [5, 5.41) is 3.25. The first-order valence-electron chi connectivity index (χ1n) is 11.4. The Balaban J connectivity index is 1.19. The highest BCUT2D eigenvalue weighted by Gasteiger charge is 2.31. The molecule has 6 nitrogen and oxygen atoms in total. The number of piperidine rings is 2. The molecule has 2 aliphatic heterocycles. The van der Waals surface area contributed by atoms with Crippen LogP contribution in [0.4, 0.5) is 14.6 Å². The van der Waals surface area contributed by atoms with Crippen LogP contribution in [0.3, 0.4) is 0 Å². The number of nitrogens with two attached hydrogens (primary N) is 1. The van der Waals surface area contributed by atoms with E-state index in [2.05, 4.69) is 15.2 Å². The summed E-state index contributed by atoms with van der Waals surface area (Å²) in [6.45, 7) is 4.15. The van der Waals surface area contributed by atoms with Gasteiger partial charge in [-0.3, -0.25) is 9.69 Å². The van der Waals surface area contributed by atoms with Crippen LogP contribution in [0.25, 0.3) is 0 Å². The topological polar surface area (TPSA) is 74.5 Å². The molecule has 8 heteroatoms. The van der Waals surface area contributed by atoms with Gasteiger partial charge in [-0.15, -0.1) is 0 Å². The lowest BCUT2D eigenvalue weighted by molar-refractivity contribution is -0.138. The highest BCUT2D eigenvalue weighted by Crippen LogP contribution is 2.23. The summed E-state index contributed by atoms with van der Waals surface area (Å²) >= 11 is 0. The van der Waals surface area contributed by atoms with Gasteiger partial charge in [0, 0.05) is 49.9 Å². The molecule has 2 aliphatic rings. The van der Waals surface area contributed by atoms with Gasteiger partial charge in [0.15, 0.2) is 0 Å². The smallest absolute Gasteiger partial charge is 0.225 e. The lowest BCUT2D eigenvalue weighted by atomic mass is 9.93. The highest BCUT2D eigenvalue weighted by atomic mass is 19.1. The van der Waals surface area contributed by atoms with E-state index >= 15 is 0 Å². The van der Waals surface area contributed by atoms with Crippen LogP contribution in [0.1, 0.15) is 36.8 Å². The average Bonchev–Trinajstić information content (AvgIpc) is 2.79. The molecule has 0 spiro atoms. The minimum absolute atomic E-state index is 0.0748. The summed E-state index contributed by atoms with van der Waals surface area (Å²) in [6, 6.07) is 7.96. The van der Waals surface area contributed by atoms with Gasteiger partial charge in [0.1, 0.15) is 17.5 Å². The van der Waals surface area contributed by atoms with E-state index in [0.29, 0.717) is 18.9 Å². The average molecular weight is 444 g/mol. The van der Waals surface area contributed by atoms with Gasteiger partial charge in [-0.2, -0.15) is 0 Å². The molecule has 1 aromatic carbocycles. The Morgan fingerprint density at radius 1 is 1.06 bits per heavy atom. The summed E-state index contributed by atoms with van der Waals surface area (Å²) in [6.07, 6.45) is 5.05. The molecule has 2 aromatic rings. The van der Waals surface area contributed by atoms with Gasteiger partial charge in [-0.05, 0) is 68.6 Å². The second kappa shape index (κ2) is 10.4. The van der Waals surface area contributed by atoms with E-state index in [1.54, 1.807) is 6.20 Å². The van der Waals surface area contributed by atoms with Gasteiger partial charge in [0.05, 0.1) is 0 Å². The van der Waals surface area contributed by atoms with Crippen LogP contribution >= 0.6 is 0 Å². The van der Waals surface area contributed by atoms with Crippen molar-refractivity contribution in [2.45, 2.75) is 44.8 Å². The number of aromatic nitrogens is 1. The molecule has 0 saturated carbocycles. The van der Waals surface area contributed by atoms with Crippen LogP contribution in [-0.2, 0) is 17.9 Å². The number of hydrogen-bond donors (Lipinski definition) is 2. The SMILES string of the molecule is Nc1cc(CN2CCC(C(=O)N3CCC(NCc4c(F)cccc4F)CC3)CC2)ccn1. The van der Waals surface area contributed by atoms with Crippen molar-refractivity contribution in [3.05, 3.63) is 59.3 Å². The van der Waals surface area contributed by atoms with Gasteiger partial charge in [-0.25, -0.2) is 13.8 Å². The van der Waals surface area contributed by atoms with Gasteiger partial charge in [-0.1, -0.05) is 6.07 Å². The molecule has 3 N–H and O–H groups in total. The van der Waals surface area contributed by atoms with Crippen molar-refractivity contribution in [2.75, 3.05) is 31.9 Å². The van der Waals surface area contributed by atoms with Crippen LogP contribution in [0.2, 0.25) is 0 Å². The first kappa shape index (κ1) is 22.6. The number of nitrogens with one attached hydrogen (secondary N) is 1. The van der Waals surface area contributed by atoms with E-state index in [1.165, 1.54) is 18.2 Å². The third kappa shape index (κ3) is 5.61. The van der Waals surface area contributed by atoms with Gasteiger partial charge in [0.2, 0.25) is 5.91 Å². The Hall–Kier alpha value is -2.58. The molecular formula is C24H31F2N5O. The quantitative estimate of drug-likeness (QED) is 0.718. The van der Waals surface area contributed by atoms with Crippen molar-refractivity contribution in [3.8, 4) is 0 Å². The summed E-state index contributed by atoms with van der Waals surface area (Å²) in [4.78, 5) is 21.4. The number of halogens is 2. The number of pyridine rings is 1. The Labute approximate surface area is 187 Å². The Morgan fingerprint density at radius 3 is 2.41 bits per heavy atom. The maximum absolute atomic E-state index is 13.8. The Morgan fingerprint density at radius 2 is 1.75 bits per heavy atom.